The Hall–Kier alpha value is -1.59. The first-order chi connectivity index (χ1) is 16.3. The molecule has 0 aromatic heterocycles. The van der Waals surface area contributed by atoms with E-state index in [0.717, 1.165) is 49.8 Å². The van der Waals surface area contributed by atoms with Gasteiger partial charge in [0, 0.05) is 25.0 Å². The van der Waals surface area contributed by atoms with E-state index >= 15 is 0 Å². The molecule has 0 N–H and O–H groups in total. The molecule has 0 radical (unpaired) electrons. The van der Waals surface area contributed by atoms with Crippen LogP contribution in [-0.4, -0.2) is 39.2 Å². The van der Waals surface area contributed by atoms with Crippen LogP contribution < -0.4 is 4.74 Å². The Balaban J connectivity index is 1.75. The number of carbonyl (C=O) groups excluding carboxylic acids is 1. The molecule has 0 bridgehead atoms. The Morgan fingerprint density at radius 2 is 1.61 bits per heavy atom. The van der Waals surface area contributed by atoms with Gasteiger partial charge in [0.15, 0.2) is 6.79 Å². The smallest absolute Gasteiger partial charge is 0.306 e. The molecule has 0 saturated heterocycles. The summed E-state index contributed by atoms with van der Waals surface area (Å²) in [4.78, 5) is 12.6. The fraction of sp³-hybridized carbons (Fsp3) is 0.750. The molecule has 2 atom stereocenters. The lowest BCUT2D eigenvalue weighted by Gasteiger charge is -2.32. The molecule has 1 saturated carbocycles. The van der Waals surface area contributed by atoms with Gasteiger partial charge in [-0.2, -0.15) is 0 Å². The largest absolute Gasteiger partial charge is 0.467 e. The molecule has 1 aromatic rings. The van der Waals surface area contributed by atoms with Gasteiger partial charge in [0.1, 0.15) is 11.9 Å². The number of para-hydroxylation sites is 1. The Morgan fingerprint density at radius 1 is 0.909 bits per heavy atom. The first-order valence-electron chi connectivity index (χ1n) is 13.2. The molecule has 0 unspecified atom stereocenters. The summed E-state index contributed by atoms with van der Waals surface area (Å²) in [5.74, 6) is 0.957. The highest BCUT2D eigenvalue weighted by molar-refractivity contribution is 5.69. The third-order valence-corrected chi connectivity index (χ3v) is 6.52. The first-order valence-corrected chi connectivity index (χ1v) is 13.2. The summed E-state index contributed by atoms with van der Waals surface area (Å²) in [5, 5.41) is 0. The molecule has 188 valence electrons. The van der Waals surface area contributed by atoms with E-state index in [2.05, 4.69) is 13.0 Å². The number of methoxy groups -OCH3 is 1. The number of rotatable bonds is 18. The van der Waals surface area contributed by atoms with Crippen LogP contribution in [0.3, 0.4) is 0 Å². The van der Waals surface area contributed by atoms with E-state index in [1.165, 1.54) is 44.9 Å². The van der Waals surface area contributed by atoms with Gasteiger partial charge in [-0.1, -0.05) is 82.9 Å². The number of esters is 1. The molecule has 5 heteroatoms. The Labute approximate surface area is 201 Å². The second-order valence-electron chi connectivity index (χ2n) is 9.20. The quantitative estimate of drug-likeness (QED) is 0.131. The Morgan fingerprint density at radius 3 is 2.36 bits per heavy atom. The summed E-state index contributed by atoms with van der Waals surface area (Å²) < 4.78 is 22.4. The predicted octanol–water partition coefficient (Wildman–Crippen LogP) is 7.18. The van der Waals surface area contributed by atoms with Gasteiger partial charge in [0.2, 0.25) is 0 Å². The molecule has 0 spiro atoms. The van der Waals surface area contributed by atoms with Crippen molar-refractivity contribution in [3.63, 3.8) is 0 Å². The average Bonchev–Trinajstić information content (AvgIpc) is 2.83. The van der Waals surface area contributed by atoms with Crippen LogP contribution >= 0.6 is 0 Å². The van der Waals surface area contributed by atoms with Gasteiger partial charge < -0.3 is 18.9 Å². The van der Waals surface area contributed by atoms with Gasteiger partial charge in [0.05, 0.1) is 13.2 Å². The summed E-state index contributed by atoms with van der Waals surface area (Å²) in [6.45, 7) is 3.49. The summed E-state index contributed by atoms with van der Waals surface area (Å²) in [5.41, 5.74) is 1.12. The number of benzene rings is 1. The van der Waals surface area contributed by atoms with Gasteiger partial charge in [0.25, 0.3) is 0 Å². The first kappa shape index (κ1) is 27.7. The van der Waals surface area contributed by atoms with E-state index < -0.39 is 0 Å². The normalized spacial score (nSPS) is 18.2. The predicted molar refractivity (Wildman–Crippen MR) is 133 cm³/mol. The van der Waals surface area contributed by atoms with Gasteiger partial charge in [-0.05, 0) is 31.7 Å². The van der Waals surface area contributed by atoms with Crippen molar-refractivity contribution >= 4 is 5.97 Å². The fourth-order valence-corrected chi connectivity index (χ4v) is 4.63. The molecule has 1 aliphatic rings. The highest BCUT2D eigenvalue weighted by atomic mass is 16.7. The third-order valence-electron chi connectivity index (χ3n) is 6.52. The lowest BCUT2D eigenvalue weighted by Crippen LogP contribution is -2.29. The van der Waals surface area contributed by atoms with Crippen molar-refractivity contribution < 1.29 is 23.7 Å². The molecule has 1 aliphatic carbocycles. The van der Waals surface area contributed by atoms with Crippen LogP contribution in [-0.2, 0) is 19.0 Å². The van der Waals surface area contributed by atoms with Gasteiger partial charge in [-0.25, -0.2) is 0 Å². The SMILES string of the molecule is CCCCCCCCCCCC(=O)O[C@H]1CCCC[C@@H]1c1ccccc1OCOCCOC. The fourth-order valence-electron chi connectivity index (χ4n) is 4.63. The second kappa shape index (κ2) is 17.8. The molecule has 0 heterocycles. The monoisotopic (exact) mass is 462 g/mol. The zero-order chi connectivity index (χ0) is 23.6. The molecule has 0 amide bonds. The number of ether oxygens (including phenoxy) is 4. The van der Waals surface area contributed by atoms with Gasteiger partial charge in [-0.3, -0.25) is 4.79 Å². The molecular formula is C28H46O5. The molecule has 33 heavy (non-hydrogen) atoms. The molecular weight excluding hydrogens is 416 g/mol. The van der Waals surface area contributed by atoms with E-state index in [4.69, 9.17) is 18.9 Å². The van der Waals surface area contributed by atoms with Crippen LogP contribution in [0.15, 0.2) is 24.3 Å². The average molecular weight is 463 g/mol. The zero-order valence-electron chi connectivity index (χ0n) is 21.0. The summed E-state index contributed by atoms with van der Waals surface area (Å²) in [6, 6.07) is 8.08. The molecule has 2 rings (SSSR count). The maximum Gasteiger partial charge on any atom is 0.306 e. The second-order valence-corrected chi connectivity index (χ2v) is 9.20. The van der Waals surface area contributed by atoms with Crippen LogP contribution in [0, 0.1) is 0 Å². The van der Waals surface area contributed by atoms with Gasteiger partial charge in [-0.15, -0.1) is 0 Å². The van der Waals surface area contributed by atoms with E-state index in [1.54, 1.807) is 7.11 Å². The Bertz CT molecular complexity index is 632. The van der Waals surface area contributed by atoms with Crippen molar-refractivity contribution in [2.45, 2.75) is 109 Å². The number of hydrogen-bond acceptors (Lipinski definition) is 5. The summed E-state index contributed by atoms with van der Waals surface area (Å²) in [6.07, 6.45) is 15.9. The van der Waals surface area contributed by atoms with Crippen molar-refractivity contribution in [3.8, 4) is 5.75 Å². The summed E-state index contributed by atoms with van der Waals surface area (Å²) >= 11 is 0. The molecule has 5 nitrogen and oxygen atoms in total. The van der Waals surface area contributed by atoms with Crippen molar-refractivity contribution in [1.29, 1.82) is 0 Å². The van der Waals surface area contributed by atoms with Crippen LogP contribution in [0.2, 0.25) is 0 Å². The highest BCUT2D eigenvalue weighted by Crippen LogP contribution is 2.39. The molecule has 1 fully saturated rings. The van der Waals surface area contributed by atoms with Crippen molar-refractivity contribution in [1.82, 2.24) is 0 Å². The topological polar surface area (TPSA) is 54.0 Å². The van der Waals surface area contributed by atoms with E-state index in [9.17, 15) is 4.79 Å². The van der Waals surface area contributed by atoms with E-state index in [1.807, 2.05) is 18.2 Å². The minimum absolute atomic E-state index is 0.0452. The van der Waals surface area contributed by atoms with Crippen LogP contribution in [0.25, 0.3) is 0 Å². The van der Waals surface area contributed by atoms with Crippen molar-refractivity contribution in [2.75, 3.05) is 27.1 Å². The van der Waals surface area contributed by atoms with E-state index in [0.29, 0.717) is 19.6 Å². The minimum atomic E-state index is -0.0658. The van der Waals surface area contributed by atoms with Crippen LogP contribution in [0.4, 0.5) is 0 Å². The van der Waals surface area contributed by atoms with Crippen molar-refractivity contribution in [3.05, 3.63) is 29.8 Å². The number of unbranched alkanes of at least 4 members (excludes halogenated alkanes) is 8. The number of carbonyl (C=O) groups is 1. The van der Waals surface area contributed by atoms with Crippen LogP contribution in [0.5, 0.6) is 5.75 Å². The lowest BCUT2D eigenvalue weighted by atomic mass is 9.81. The lowest BCUT2D eigenvalue weighted by molar-refractivity contribution is -0.151. The third kappa shape index (κ3) is 11.4. The Kier molecular flexibility index (Phi) is 14.9. The minimum Gasteiger partial charge on any atom is -0.467 e. The zero-order valence-corrected chi connectivity index (χ0v) is 21.0. The number of hydrogen-bond donors (Lipinski definition) is 0. The van der Waals surface area contributed by atoms with Gasteiger partial charge >= 0.3 is 5.97 Å². The standard InChI is InChI=1S/C28H46O5/c1-3-4-5-6-7-8-9-10-11-20-28(29)33-27-19-15-13-17-25(27)24-16-12-14-18-26(24)32-23-31-22-21-30-2/h12,14,16,18,25,27H,3-11,13,15,17,19-23H2,1-2H3/t25-,27+/m1/s1. The maximum atomic E-state index is 12.6. The highest BCUT2D eigenvalue weighted by Gasteiger charge is 2.31. The maximum absolute atomic E-state index is 12.6. The van der Waals surface area contributed by atoms with E-state index in [-0.39, 0.29) is 24.8 Å². The summed E-state index contributed by atoms with van der Waals surface area (Å²) in [7, 11) is 1.65. The van der Waals surface area contributed by atoms with Crippen molar-refractivity contribution in [2.24, 2.45) is 0 Å². The molecule has 0 aliphatic heterocycles. The van der Waals surface area contributed by atoms with Crippen LogP contribution in [0.1, 0.15) is 108 Å². The molecule has 1 aromatic carbocycles.